The zero-order valence-electron chi connectivity index (χ0n) is 14.7. The molecule has 2 unspecified atom stereocenters. The van der Waals surface area contributed by atoms with Crippen molar-refractivity contribution in [2.45, 2.75) is 57.0 Å². The minimum atomic E-state index is -2.38. The van der Waals surface area contributed by atoms with Crippen molar-refractivity contribution in [3.05, 3.63) is 60.7 Å². The van der Waals surface area contributed by atoms with Gasteiger partial charge in [0.25, 0.3) is 8.32 Å². The van der Waals surface area contributed by atoms with E-state index < -0.39 is 8.32 Å². The lowest BCUT2D eigenvalue weighted by Gasteiger charge is -2.44. The van der Waals surface area contributed by atoms with Crippen LogP contribution in [-0.2, 0) is 9.16 Å². The van der Waals surface area contributed by atoms with Gasteiger partial charge >= 0.3 is 0 Å². The average molecular weight is 339 g/mol. The lowest BCUT2D eigenvalue weighted by atomic mass is 10.2. The summed E-state index contributed by atoms with van der Waals surface area (Å²) in [4.78, 5) is 0. The number of benzene rings is 2. The van der Waals surface area contributed by atoms with Crippen molar-refractivity contribution in [1.29, 1.82) is 0 Å². The van der Waals surface area contributed by atoms with Gasteiger partial charge in [0.05, 0.1) is 18.3 Å². The van der Waals surface area contributed by atoms with Crippen LogP contribution in [0.25, 0.3) is 0 Å². The lowest BCUT2D eigenvalue weighted by Crippen LogP contribution is -2.67. The fourth-order valence-corrected chi connectivity index (χ4v) is 8.95. The summed E-state index contributed by atoms with van der Waals surface area (Å²) in [5, 5.41) is 2.79. The predicted molar refractivity (Wildman–Crippen MR) is 100 cm³/mol. The van der Waals surface area contributed by atoms with Gasteiger partial charge in [-0.15, -0.1) is 0 Å². The van der Waals surface area contributed by atoms with Gasteiger partial charge in [-0.25, -0.2) is 0 Å². The molecule has 2 aliphatic rings. The molecule has 1 aliphatic heterocycles. The second-order valence-corrected chi connectivity index (χ2v) is 12.3. The highest BCUT2D eigenvalue weighted by atomic mass is 28.4. The third-order valence-electron chi connectivity index (χ3n) is 5.44. The van der Waals surface area contributed by atoms with Crippen molar-refractivity contribution >= 4 is 18.7 Å². The first-order valence-electron chi connectivity index (χ1n) is 8.95. The second kappa shape index (κ2) is 5.83. The third-order valence-corrected chi connectivity index (χ3v) is 10.5. The molecule has 1 saturated carbocycles. The minimum absolute atomic E-state index is 0.0589. The first-order valence-corrected chi connectivity index (χ1v) is 10.9. The molecule has 126 valence electrons. The van der Waals surface area contributed by atoms with E-state index in [0.717, 1.165) is 12.8 Å². The third kappa shape index (κ3) is 2.65. The molecule has 0 amide bonds. The SMILES string of the molecule is CC(C)(C)[Si](OC1CC2OC2C1)(c1ccccc1)c1ccccc1. The van der Waals surface area contributed by atoms with Crippen LogP contribution in [0.2, 0.25) is 5.04 Å². The van der Waals surface area contributed by atoms with Gasteiger partial charge in [0.2, 0.25) is 0 Å². The summed E-state index contributed by atoms with van der Waals surface area (Å²) >= 11 is 0. The molecule has 0 radical (unpaired) electrons. The van der Waals surface area contributed by atoms with Gasteiger partial charge in [0.1, 0.15) is 0 Å². The number of epoxide rings is 1. The molecule has 3 heteroatoms. The molecule has 2 nitrogen and oxygen atoms in total. The van der Waals surface area contributed by atoms with Crippen LogP contribution in [0.1, 0.15) is 33.6 Å². The Morgan fingerprint density at radius 2 is 1.29 bits per heavy atom. The first kappa shape index (κ1) is 16.1. The van der Waals surface area contributed by atoms with Gasteiger partial charge in [-0.1, -0.05) is 81.4 Å². The number of rotatable bonds is 4. The monoisotopic (exact) mass is 338 g/mol. The van der Waals surface area contributed by atoms with Crippen molar-refractivity contribution < 1.29 is 9.16 Å². The van der Waals surface area contributed by atoms with Gasteiger partial charge in [-0.3, -0.25) is 0 Å². The van der Waals surface area contributed by atoms with Crippen LogP contribution >= 0.6 is 0 Å². The number of hydrogen-bond acceptors (Lipinski definition) is 2. The van der Waals surface area contributed by atoms with Crippen LogP contribution in [0.5, 0.6) is 0 Å². The van der Waals surface area contributed by atoms with Crippen molar-refractivity contribution in [3.63, 3.8) is 0 Å². The molecule has 2 aromatic carbocycles. The maximum Gasteiger partial charge on any atom is 0.261 e. The van der Waals surface area contributed by atoms with Crippen LogP contribution in [0, 0.1) is 0 Å². The largest absolute Gasteiger partial charge is 0.404 e. The van der Waals surface area contributed by atoms with E-state index in [0.29, 0.717) is 18.3 Å². The van der Waals surface area contributed by atoms with Crippen molar-refractivity contribution in [2.24, 2.45) is 0 Å². The van der Waals surface area contributed by atoms with E-state index in [9.17, 15) is 0 Å². The van der Waals surface area contributed by atoms with Crippen LogP contribution in [0.3, 0.4) is 0 Å². The lowest BCUT2D eigenvalue weighted by molar-refractivity contribution is 0.140. The predicted octanol–water partition coefficient (Wildman–Crippen LogP) is 3.49. The van der Waals surface area contributed by atoms with Crippen LogP contribution < -0.4 is 10.4 Å². The molecule has 2 fully saturated rings. The maximum atomic E-state index is 7.10. The van der Waals surface area contributed by atoms with Gasteiger partial charge < -0.3 is 9.16 Å². The summed E-state index contributed by atoms with van der Waals surface area (Å²) in [5.74, 6) is 0. The highest BCUT2D eigenvalue weighted by Gasteiger charge is 2.55. The average Bonchev–Trinajstić information content (AvgIpc) is 3.19. The van der Waals surface area contributed by atoms with Gasteiger partial charge in [-0.2, -0.15) is 0 Å². The molecule has 4 rings (SSSR count). The summed E-state index contributed by atoms with van der Waals surface area (Å²) in [6.07, 6.45) is 3.33. The number of ether oxygens (including phenoxy) is 1. The summed E-state index contributed by atoms with van der Waals surface area (Å²) < 4.78 is 12.7. The van der Waals surface area contributed by atoms with Crippen LogP contribution in [0.4, 0.5) is 0 Å². The standard InChI is InChI=1S/C21H26O2Si/c1-21(2,3)24(17-10-6-4-7-11-17,18-12-8-5-9-13-18)23-16-14-19-20(15-16)22-19/h4-13,16,19-20H,14-15H2,1-3H3. The highest BCUT2D eigenvalue weighted by Crippen LogP contribution is 2.44. The zero-order valence-corrected chi connectivity index (χ0v) is 15.7. The molecule has 24 heavy (non-hydrogen) atoms. The molecule has 0 aromatic heterocycles. The summed E-state index contributed by atoms with van der Waals surface area (Å²) in [5.41, 5.74) is 0. The first-order chi connectivity index (χ1) is 11.5. The van der Waals surface area contributed by atoms with Gasteiger partial charge in [0.15, 0.2) is 0 Å². The summed E-state index contributed by atoms with van der Waals surface area (Å²) in [7, 11) is -2.38. The Hall–Kier alpha value is -1.42. The van der Waals surface area contributed by atoms with E-state index in [2.05, 4.69) is 81.4 Å². The van der Waals surface area contributed by atoms with Gasteiger partial charge in [0, 0.05) is 12.8 Å². The Labute approximate surface area is 145 Å². The Balaban J connectivity index is 1.82. The van der Waals surface area contributed by atoms with E-state index in [4.69, 9.17) is 9.16 Å². The Bertz CT molecular complexity index is 643. The molecule has 0 spiro atoms. The fraction of sp³-hybridized carbons (Fsp3) is 0.429. The molecule has 1 saturated heterocycles. The smallest absolute Gasteiger partial charge is 0.261 e. The van der Waals surface area contributed by atoms with Crippen molar-refractivity contribution in [3.8, 4) is 0 Å². The van der Waals surface area contributed by atoms with E-state index in [1.165, 1.54) is 10.4 Å². The van der Waals surface area contributed by atoms with Crippen LogP contribution in [-0.4, -0.2) is 26.6 Å². The number of fused-ring (bicyclic) bond motifs is 1. The Morgan fingerprint density at radius 3 is 1.71 bits per heavy atom. The summed E-state index contributed by atoms with van der Waals surface area (Å²) in [6.45, 7) is 7.02. The molecule has 2 aromatic rings. The van der Waals surface area contributed by atoms with Crippen molar-refractivity contribution in [1.82, 2.24) is 0 Å². The molecule has 0 N–H and O–H groups in total. The Morgan fingerprint density at radius 1 is 0.833 bits per heavy atom. The zero-order chi connectivity index (χ0) is 16.8. The molecule has 1 aliphatic carbocycles. The number of hydrogen-bond donors (Lipinski definition) is 0. The molecular weight excluding hydrogens is 312 g/mol. The quantitative estimate of drug-likeness (QED) is 0.629. The molecule has 0 bridgehead atoms. The van der Waals surface area contributed by atoms with Crippen LogP contribution in [0.15, 0.2) is 60.7 Å². The van der Waals surface area contributed by atoms with Crippen molar-refractivity contribution in [2.75, 3.05) is 0 Å². The Kier molecular flexibility index (Phi) is 3.90. The van der Waals surface area contributed by atoms with Gasteiger partial charge in [-0.05, 0) is 15.4 Å². The normalized spacial score (nSPS) is 26.2. The molecular formula is C21H26O2Si. The van der Waals surface area contributed by atoms with E-state index >= 15 is 0 Å². The summed E-state index contributed by atoms with van der Waals surface area (Å²) in [6, 6.07) is 21.8. The van der Waals surface area contributed by atoms with E-state index in [1.807, 2.05) is 0 Å². The molecule has 1 heterocycles. The highest BCUT2D eigenvalue weighted by molar-refractivity contribution is 6.99. The maximum absolute atomic E-state index is 7.10. The van der Waals surface area contributed by atoms with E-state index in [1.54, 1.807) is 0 Å². The topological polar surface area (TPSA) is 21.8 Å². The second-order valence-electron chi connectivity index (χ2n) is 8.09. The van der Waals surface area contributed by atoms with E-state index in [-0.39, 0.29) is 5.04 Å². The molecule has 2 atom stereocenters. The minimum Gasteiger partial charge on any atom is -0.404 e. The fourth-order valence-electron chi connectivity index (χ4n) is 4.25.